The second-order valence-electron chi connectivity index (χ2n) is 4.26. The van der Waals surface area contributed by atoms with E-state index in [9.17, 15) is 9.18 Å². The van der Waals surface area contributed by atoms with Gasteiger partial charge in [0.25, 0.3) is 5.91 Å². The summed E-state index contributed by atoms with van der Waals surface area (Å²) in [6.07, 6.45) is 1.59. The van der Waals surface area contributed by atoms with Gasteiger partial charge in [-0.15, -0.1) is 0 Å². The molecular weight excluding hydrogens is 289 g/mol. The van der Waals surface area contributed by atoms with E-state index in [1.165, 1.54) is 18.2 Å². The van der Waals surface area contributed by atoms with Crippen LogP contribution in [0.1, 0.15) is 19.8 Å². The molecule has 3 nitrogen and oxygen atoms in total. The number of hydrogen-bond acceptors (Lipinski definition) is 2. The van der Waals surface area contributed by atoms with E-state index in [1.807, 2.05) is 0 Å². The largest absolute Gasteiger partial charge is 0.365 e. The number of anilines is 1. The molecule has 1 amide bonds. The Balaban J connectivity index is 2.13. The van der Waals surface area contributed by atoms with Crippen molar-refractivity contribution in [3.63, 3.8) is 0 Å². The lowest BCUT2D eigenvalue weighted by molar-refractivity contribution is -0.133. The molecule has 1 aliphatic rings. The number of benzene rings is 1. The third kappa shape index (κ3) is 2.66. The number of rotatable bonds is 2. The highest BCUT2D eigenvalue weighted by molar-refractivity contribution is 9.10. The number of nitrogens with one attached hydrogen (secondary N) is 1. The quantitative estimate of drug-likeness (QED) is 0.911. The van der Waals surface area contributed by atoms with Crippen LogP contribution in [0.3, 0.4) is 0 Å². The first-order valence-corrected chi connectivity index (χ1v) is 6.21. The average Bonchev–Trinajstić information content (AvgIpc) is 2.71. The van der Waals surface area contributed by atoms with E-state index >= 15 is 0 Å². The zero-order chi connectivity index (χ0) is 12.5. The summed E-state index contributed by atoms with van der Waals surface area (Å²) in [5.41, 5.74) is -0.221. The summed E-state index contributed by atoms with van der Waals surface area (Å²) in [4.78, 5) is 12.0. The summed E-state index contributed by atoms with van der Waals surface area (Å²) < 4.78 is 18.9. The summed E-state index contributed by atoms with van der Waals surface area (Å²) in [6.45, 7) is 2.38. The summed E-state index contributed by atoms with van der Waals surface area (Å²) in [5.74, 6) is -0.541. The molecule has 1 atom stereocenters. The van der Waals surface area contributed by atoms with Gasteiger partial charge in [0.1, 0.15) is 11.4 Å². The number of ether oxygens (including phenoxy) is 1. The first-order valence-electron chi connectivity index (χ1n) is 5.42. The highest BCUT2D eigenvalue weighted by Crippen LogP contribution is 2.29. The molecule has 17 heavy (non-hydrogen) atoms. The highest BCUT2D eigenvalue weighted by Gasteiger charge is 2.37. The maximum atomic E-state index is 12.9. The molecule has 1 aromatic rings. The molecule has 5 heteroatoms. The molecule has 1 N–H and O–H groups in total. The standard InChI is InChI=1S/C12H13BrFNO2/c1-12(5-2-6-17-12)11(16)15-10-4-3-8(14)7-9(10)13/h3-4,7H,2,5-6H2,1H3,(H,15,16). The van der Waals surface area contributed by atoms with Crippen LogP contribution in [0.2, 0.25) is 0 Å². The van der Waals surface area contributed by atoms with Crippen LogP contribution in [0, 0.1) is 5.82 Å². The predicted octanol–water partition coefficient (Wildman–Crippen LogP) is 3.10. The minimum Gasteiger partial charge on any atom is -0.365 e. The van der Waals surface area contributed by atoms with E-state index in [1.54, 1.807) is 6.92 Å². The Kier molecular flexibility index (Phi) is 3.49. The summed E-state index contributed by atoms with van der Waals surface area (Å²) in [5, 5.41) is 2.74. The first kappa shape index (κ1) is 12.5. The van der Waals surface area contributed by atoms with Crippen LogP contribution in [-0.4, -0.2) is 18.1 Å². The van der Waals surface area contributed by atoms with Crippen LogP contribution in [0.4, 0.5) is 10.1 Å². The number of amides is 1. The Hall–Kier alpha value is -0.940. The topological polar surface area (TPSA) is 38.3 Å². The van der Waals surface area contributed by atoms with Gasteiger partial charge in [0, 0.05) is 11.1 Å². The Bertz CT molecular complexity index is 444. The highest BCUT2D eigenvalue weighted by atomic mass is 79.9. The maximum Gasteiger partial charge on any atom is 0.256 e. The minimum atomic E-state index is -0.770. The lowest BCUT2D eigenvalue weighted by Gasteiger charge is -2.22. The van der Waals surface area contributed by atoms with Crippen molar-refractivity contribution in [2.45, 2.75) is 25.4 Å². The van der Waals surface area contributed by atoms with Crippen molar-refractivity contribution in [3.8, 4) is 0 Å². The van der Waals surface area contributed by atoms with Gasteiger partial charge in [-0.2, -0.15) is 0 Å². The minimum absolute atomic E-state index is 0.192. The summed E-state index contributed by atoms with van der Waals surface area (Å²) >= 11 is 3.21. The van der Waals surface area contributed by atoms with Gasteiger partial charge in [0.15, 0.2) is 0 Å². The molecule has 0 aliphatic carbocycles. The van der Waals surface area contributed by atoms with Crippen molar-refractivity contribution in [1.82, 2.24) is 0 Å². The number of hydrogen-bond donors (Lipinski definition) is 1. The number of halogens is 2. The lowest BCUT2D eigenvalue weighted by atomic mass is 10.0. The third-order valence-corrected chi connectivity index (χ3v) is 3.53. The molecule has 1 aromatic carbocycles. The maximum absolute atomic E-state index is 12.9. The second-order valence-corrected chi connectivity index (χ2v) is 5.12. The van der Waals surface area contributed by atoms with Crippen molar-refractivity contribution < 1.29 is 13.9 Å². The molecular formula is C12H13BrFNO2. The van der Waals surface area contributed by atoms with E-state index < -0.39 is 5.60 Å². The van der Waals surface area contributed by atoms with Gasteiger partial charge >= 0.3 is 0 Å². The normalized spacial score (nSPS) is 23.7. The average molecular weight is 302 g/mol. The number of carbonyl (C=O) groups is 1. The Morgan fingerprint density at radius 3 is 2.94 bits per heavy atom. The summed E-state index contributed by atoms with van der Waals surface area (Å²) in [7, 11) is 0. The molecule has 2 rings (SSSR count). The molecule has 1 aliphatic heterocycles. The molecule has 1 heterocycles. The molecule has 1 unspecified atom stereocenters. The fraction of sp³-hybridized carbons (Fsp3) is 0.417. The fourth-order valence-electron chi connectivity index (χ4n) is 1.80. The molecule has 0 radical (unpaired) electrons. The van der Waals surface area contributed by atoms with E-state index in [-0.39, 0.29) is 11.7 Å². The van der Waals surface area contributed by atoms with Crippen molar-refractivity contribution in [3.05, 3.63) is 28.5 Å². The van der Waals surface area contributed by atoms with Crippen LogP contribution in [0.15, 0.2) is 22.7 Å². The molecule has 1 saturated heterocycles. The van der Waals surface area contributed by atoms with Gasteiger partial charge in [0.05, 0.1) is 5.69 Å². The first-order chi connectivity index (χ1) is 8.01. The Labute approximate surface area is 107 Å². The van der Waals surface area contributed by atoms with Gasteiger partial charge in [-0.3, -0.25) is 4.79 Å². The van der Waals surface area contributed by atoms with E-state index in [4.69, 9.17) is 4.74 Å². The van der Waals surface area contributed by atoms with Crippen LogP contribution >= 0.6 is 15.9 Å². The zero-order valence-corrected chi connectivity index (χ0v) is 11.0. The SMILES string of the molecule is CC1(C(=O)Nc2ccc(F)cc2Br)CCCO1. The van der Waals surface area contributed by atoms with E-state index in [0.717, 1.165) is 6.42 Å². The van der Waals surface area contributed by atoms with E-state index in [2.05, 4.69) is 21.2 Å². The van der Waals surface area contributed by atoms with Gasteiger partial charge < -0.3 is 10.1 Å². The van der Waals surface area contributed by atoms with Crippen LogP contribution in [-0.2, 0) is 9.53 Å². The predicted molar refractivity (Wildman–Crippen MR) is 66.3 cm³/mol. The Morgan fingerprint density at radius 1 is 1.59 bits per heavy atom. The Morgan fingerprint density at radius 2 is 2.35 bits per heavy atom. The molecule has 1 fully saturated rings. The molecule has 92 valence electrons. The molecule has 0 aromatic heterocycles. The lowest BCUT2D eigenvalue weighted by Crippen LogP contribution is -2.39. The summed E-state index contributed by atoms with van der Waals surface area (Å²) in [6, 6.07) is 4.14. The van der Waals surface area contributed by atoms with Crippen molar-refractivity contribution in [2.75, 3.05) is 11.9 Å². The van der Waals surface area contributed by atoms with Crippen molar-refractivity contribution in [1.29, 1.82) is 0 Å². The smallest absolute Gasteiger partial charge is 0.256 e. The van der Waals surface area contributed by atoms with Gasteiger partial charge in [-0.1, -0.05) is 0 Å². The van der Waals surface area contributed by atoms with Crippen LogP contribution < -0.4 is 5.32 Å². The van der Waals surface area contributed by atoms with Crippen molar-refractivity contribution >= 4 is 27.5 Å². The van der Waals surface area contributed by atoms with Crippen LogP contribution in [0.5, 0.6) is 0 Å². The van der Waals surface area contributed by atoms with E-state index in [0.29, 0.717) is 23.2 Å². The molecule has 0 bridgehead atoms. The fourth-order valence-corrected chi connectivity index (χ4v) is 2.25. The zero-order valence-electron chi connectivity index (χ0n) is 9.43. The molecule has 0 saturated carbocycles. The van der Waals surface area contributed by atoms with Crippen LogP contribution in [0.25, 0.3) is 0 Å². The number of carbonyl (C=O) groups excluding carboxylic acids is 1. The van der Waals surface area contributed by atoms with Crippen molar-refractivity contribution in [2.24, 2.45) is 0 Å². The van der Waals surface area contributed by atoms with Gasteiger partial charge in [0.2, 0.25) is 0 Å². The second kappa shape index (κ2) is 4.74. The third-order valence-electron chi connectivity index (χ3n) is 2.88. The monoisotopic (exact) mass is 301 g/mol. The molecule has 0 spiro atoms. The van der Waals surface area contributed by atoms with Gasteiger partial charge in [-0.05, 0) is 53.9 Å². The van der Waals surface area contributed by atoms with Gasteiger partial charge in [-0.25, -0.2) is 4.39 Å².